The summed E-state index contributed by atoms with van der Waals surface area (Å²) in [6.07, 6.45) is 7.19. The Morgan fingerprint density at radius 1 is 1.36 bits per heavy atom. The second-order valence-electron chi connectivity index (χ2n) is 7.69. The van der Waals surface area contributed by atoms with Crippen molar-refractivity contribution in [3.63, 3.8) is 0 Å². The van der Waals surface area contributed by atoms with Crippen LogP contribution in [-0.4, -0.2) is 29.8 Å². The number of rotatable bonds is 6. The van der Waals surface area contributed by atoms with E-state index in [1.807, 2.05) is 4.68 Å². The summed E-state index contributed by atoms with van der Waals surface area (Å²) in [5, 5.41) is 13.6. The maximum absolute atomic E-state index is 13.3. The average molecular weight is 415 g/mol. The lowest BCUT2D eigenvalue weighted by Crippen LogP contribution is -2.23. The summed E-state index contributed by atoms with van der Waals surface area (Å²) in [5.74, 6) is 2.11. The fourth-order valence-corrected chi connectivity index (χ4v) is 6.19. The van der Waals surface area contributed by atoms with Crippen molar-refractivity contribution in [2.24, 2.45) is 5.92 Å². The number of allylic oxidation sites excluding steroid dienone is 1. The number of aromatic nitrogens is 6. The monoisotopic (exact) mass is 414 g/mol. The van der Waals surface area contributed by atoms with Crippen molar-refractivity contribution in [3.8, 4) is 0 Å². The molecule has 0 amide bonds. The van der Waals surface area contributed by atoms with Crippen molar-refractivity contribution < 1.29 is 0 Å². The highest BCUT2D eigenvalue weighted by Crippen LogP contribution is 2.37. The Hall–Kier alpha value is -2.00. The van der Waals surface area contributed by atoms with E-state index in [0.29, 0.717) is 24.3 Å². The number of aryl methyl sites for hydroxylation is 1. The molecule has 0 aromatic carbocycles. The van der Waals surface area contributed by atoms with Crippen LogP contribution in [0.1, 0.15) is 48.5 Å². The maximum Gasteiger partial charge on any atom is 0.263 e. The van der Waals surface area contributed by atoms with Crippen LogP contribution in [0.15, 0.2) is 22.6 Å². The zero-order valence-electron chi connectivity index (χ0n) is 15.8. The second-order valence-corrected chi connectivity index (χ2v) is 9.72. The molecule has 146 valence electrons. The summed E-state index contributed by atoms with van der Waals surface area (Å²) in [7, 11) is 0. The average Bonchev–Trinajstić information content (AvgIpc) is 3.30. The zero-order valence-corrected chi connectivity index (χ0v) is 17.4. The molecule has 0 saturated heterocycles. The summed E-state index contributed by atoms with van der Waals surface area (Å²) in [4.78, 5) is 20.4. The largest absolute Gasteiger partial charge is 0.283 e. The van der Waals surface area contributed by atoms with Crippen LogP contribution in [0.25, 0.3) is 10.2 Å². The minimum Gasteiger partial charge on any atom is -0.283 e. The van der Waals surface area contributed by atoms with Gasteiger partial charge in [0, 0.05) is 11.4 Å². The van der Waals surface area contributed by atoms with E-state index >= 15 is 0 Å². The number of tetrazole rings is 1. The van der Waals surface area contributed by atoms with Gasteiger partial charge in [0.1, 0.15) is 4.83 Å². The second kappa shape index (κ2) is 7.11. The number of hydrogen-bond acceptors (Lipinski definition) is 7. The molecule has 2 aliphatic rings. The van der Waals surface area contributed by atoms with Crippen LogP contribution >= 0.6 is 23.1 Å². The van der Waals surface area contributed by atoms with E-state index in [1.165, 1.54) is 22.2 Å². The van der Waals surface area contributed by atoms with Crippen LogP contribution < -0.4 is 5.56 Å². The minimum atomic E-state index is 0.0567. The molecule has 0 N–H and O–H groups in total. The molecule has 7 nitrogen and oxygen atoms in total. The molecule has 3 aromatic heterocycles. The van der Waals surface area contributed by atoms with Gasteiger partial charge in [0.15, 0.2) is 11.0 Å². The lowest BCUT2D eigenvalue weighted by molar-refractivity contribution is 0.509. The fraction of sp³-hybridized carbons (Fsp3) is 0.526. The first-order valence-corrected chi connectivity index (χ1v) is 11.5. The van der Waals surface area contributed by atoms with E-state index in [9.17, 15) is 4.79 Å². The van der Waals surface area contributed by atoms with Crippen LogP contribution in [0.2, 0.25) is 0 Å². The first kappa shape index (κ1) is 18.1. The normalized spacial score (nSPS) is 19.1. The van der Waals surface area contributed by atoms with E-state index in [0.717, 1.165) is 53.3 Å². The molecular formula is C19H22N6OS2. The minimum absolute atomic E-state index is 0.0567. The van der Waals surface area contributed by atoms with Crippen molar-refractivity contribution in [2.75, 3.05) is 0 Å². The molecule has 2 aliphatic carbocycles. The third kappa shape index (κ3) is 3.10. The van der Waals surface area contributed by atoms with Crippen molar-refractivity contribution in [3.05, 3.63) is 39.3 Å². The van der Waals surface area contributed by atoms with Crippen molar-refractivity contribution in [2.45, 2.75) is 62.5 Å². The molecule has 0 spiro atoms. The molecule has 0 aliphatic heterocycles. The predicted molar refractivity (Wildman–Crippen MR) is 111 cm³/mol. The summed E-state index contributed by atoms with van der Waals surface area (Å²) in [6, 6.07) is 0.433. The topological polar surface area (TPSA) is 78.5 Å². The van der Waals surface area contributed by atoms with Crippen LogP contribution in [0.5, 0.6) is 0 Å². The Kier molecular flexibility index (Phi) is 4.59. The Morgan fingerprint density at radius 2 is 2.21 bits per heavy atom. The zero-order chi connectivity index (χ0) is 19.3. The van der Waals surface area contributed by atoms with E-state index < -0.39 is 0 Å². The van der Waals surface area contributed by atoms with Gasteiger partial charge in [-0.15, -0.1) is 23.0 Å². The van der Waals surface area contributed by atoms with E-state index in [-0.39, 0.29) is 5.56 Å². The lowest BCUT2D eigenvalue weighted by Gasteiger charge is -2.17. The van der Waals surface area contributed by atoms with Gasteiger partial charge in [-0.25, -0.2) is 9.67 Å². The number of nitrogens with zero attached hydrogens (tertiary/aromatic N) is 6. The van der Waals surface area contributed by atoms with Gasteiger partial charge in [-0.05, 0) is 54.0 Å². The number of hydrogen-bond donors (Lipinski definition) is 0. The van der Waals surface area contributed by atoms with Gasteiger partial charge in [0.05, 0.1) is 17.2 Å². The van der Waals surface area contributed by atoms with Gasteiger partial charge in [-0.2, -0.15) is 0 Å². The third-order valence-electron chi connectivity index (χ3n) is 5.48. The summed E-state index contributed by atoms with van der Waals surface area (Å²) < 4.78 is 3.66. The van der Waals surface area contributed by atoms with Crippen LogP contribution in [0, 0.1) is 5.92 Å². The van der Waals surface area contributed by atoms with E-state index in [4.69, 9.17) is 4.98 Å². The number of thioether (sulfide) groups is 1. The standard InChI is InChI=1S/C19H22N6OS2/c1-3-8-24-18(26)16-13-7-4-11(2)9-14(13)28-17(16)20-19(24)27-10-15-21-22-23-25(15)12-5-6-12/h3,11-12H,1,4-10H2,2H3. The van der Waals surface area contributed by atoms with Crippen molar-refractivity contribution in [1.29, 1.82) is 0 Å². The van der Waals surface area contributed by atoms with Gasteiger partial charge in [-0.1, -0.05) is 24.8 Å². The van der Waals surface area contributed by atoms with Gasteiger partial charge in [0.2, 0.25) is 0 Å². The molecular weight excluding hydrogens is 392 g/mol. The summed E-state index contributed by atoms with van der Waals surface area (Å²) in [6.45, 7) is 6.57. The smallest absolute Gasteiger partial charge is 0.263 e. The van der Waals surface area contributed by atoms with Crippen LogP contribution in [-0.2, 0) is 25.1 Å². The van der Waals surface area contributed by atoms with Gasteiger partial charge < -0.3 is 0 Å². The number of fused-ring (bicyclic) bond motifs is 3. The predicted octanol–water partition coefficient (Wildman–Crippen LogP) is 3.38. The van der Waals surface area contributed by atoms with Gasteiger partial charge in [0.25, 0.3) is 5.56 Å². The SMILES string of the molecule is C=CCn1c(SCc2nnnn2C2CC2)nc2sc3c(c2c1=O)CCC(C)C3. The van der Waals surface area contributed by atoms with Crippen LogP contribution in [0.4, 0.5) is 0 Å². The molecule has 0 bridgehead atoms. The highest BCUT2D eigenvalue weighted by atomic mass is 32.2. The molecule has 0 radical (unpaired) electrons. The Bertz CT molecular complexity index is 1110. The molecule has 1 saturated carbocycles. The summed E-state index contributed by atoms with van der Waals surface area (Å²) >= 11 is 3.22. The molecule has 1 unspecified atom stereocenters. The fourth-order valence-electron chi connectivity index (χ4n) is 3.84. The molecule has 28 heavy (non-hydrogen) atoms. The maximum atomic E-state index is 13.3. The van der Waals surface area contributed by atoms with Crippen molar-refractivity contribution in [1.82, 2.24) is 29.8 Å². The molecule has 3 aromatic rings. The molecule has 3 heterocycles. The summed E-state index contributed by atoms with van der Waals surface area (Å²) in [5.41, 5.74) is 1.28. The van der Waals surface area contributed by atoms with Gasteiger partial charge in [-0.3, -0.25) is 9.36 Å². The Balaban J connectivity index is 1.53. The number of thiophene rings is 1. The van der Waals surface area contributed by atoms with E-state index in [2.05, 4.69) is 29.0 Å². The molecule has 1 atom stereocenters. The molecule has 1 fully saturated rings. The lowest BCUT2D eigenvalue weighted by atomic mass is 9.89. The first-order valence-electron chi connectivity index (χ1n) is 9.71. The van der Waals surface area contributed by atoms with Crippen molar-refractivity contribution >= 4 is 33.3 Å². The van der Waals surface area contributed by atoms with Crippen LogP contribution in [0.3, 0.4) is 0 Å². The molecule has 5 rings (SSSR count). The van der Waals surface area contributed by atoms with E-state index in [1.54, 1.807) is 22.0 Å². The highest BCUT2D eigenvalue weighted by Gasteiger charge is 2.28. The quantitative estimate of drug-likeness (QED) is 0.350. The Labute approximate surface area is 170 Å². The van der Waals surface area contributed by atoms with Gasteiger partial charge >= 0.3 is 0 Å². The highest BCUT2D eigenvalue weighted by molar-refractivity contribution is 7.98. The molecule has 9 heteroatoms. The first-order chi connectivity index (χ1) is 13.7. The Morgan fingerprint density at radius 3 is 3.00 bits per heavy atom. The third-order valence-corrected chi connectivity index (χ3v) is 7.60.